The molecule has 1 saturated carbocycles. The van der Waals surface area contributed by atoms with Crippen LogP contribution in [0.4, 0.5) is 0 Å². The maximum atomic E-state index is 12.0. The molecule has 2 aromatic heterocycles. The van der Waals surface area contributed by atoms with Gasteiger partial charge in [0.25, 0.3) is 5.56 Å². The standard InChI is InChI=1S/C15H19N3O/c1-11(12-6-7-12)17(2)10-13-9-15(19)18-8-4-3-5-14(18)16-13/h3-5,8-9,11-12H,6-7,10H2,1-2H3/t11-/m0/s1. The van der Waals surface area contributed by atoms with Crippen LogP contribution in [0.1, 0.15) is 25.5 Å². The van der Waals surface area contributed by atoms with E-state index in [0.717, 1.165) is 23.8 Å². The lowest BCUT2D eigenvalue weighted by Crippen LogP contribution is -2.31. The molecule has 0 N–H and O–H groups in total. The van der Waals surface area contributed by atoms with Gasteiger partial charge < -0.3 is 0 Å². The van der Waals surface area contributed by atoms with E-state index in [1.807, 2.05) is 18.2 Å². The lowest BCUT2D eigenvalue weighted by molar-refractivity contribution is 0.224. The van der Waals surface area contributed by atoms with Gasteiger partial charge in [0.1, 0.15) is 5.65 Å². The Morgan fingerprint density at radius 1 is 1.47 bits per heavy atom. The van der Waals surface area contributed by atoms with Crippen LogP contribution < -0.4 is 5.56 Å². The van der Waals surface area contributed by atoms with Gasteiger partial charge in [-0.1, -0.05) is 6.07 Å². The molecule has 1 aliphatic carbocycles. The number of rotatable bonds is 4. The molecular weight excluding hydrogens is 238 g/mol. The third-order valence-electron chi connectivity index (χ3n) is 4.03. The first-order valence-corrected chi connectivity index (χ1v) is 6.83. The number of fused-ring (bicyclic) bond motifs is 1. The van der Waals surface area contributed by atoms with E-state index >= 15 is 0 Å². The molecule has 0 unspecified atom stereocenters. The van der Waals surface area contributed by atoms with Gasteiger partial charge in [0, 0.05) is 24.8 Å². The summed E-state index contributed by atoms with van der Waals surface area (Å²) in [5.41, 5.74) is 1.57. The summed E-state index contributed by atoms with van der Waals surface area (Å²) in [6, 6.07) is 7.83. The van der Waals surface area contributed by atoms with Crippen LogP contribution >= 0.6 is 0 Å². The van der Waals surface area contributed by atoms with Crippen molar-refractivity contribution in [3.8, 4) is 0 Å². The van der Waals surface area contributed by atoms with Crippen molar-refractivity contribution < 1.29 is 0 Å². The fourth-order valence-corrected chi connectivity index (χ4v) is 2.52. The summed E-state index contributed by atoms with van der Waals surface area (Å²) in [5.74, 6) is 0.826. The van der Waals surface area contributed by atoms with Gasteiger partial charge in [-0.05, 0) is 44.9 Å². The van der Waals surface area contributed by atoms with Crippen LogP contribution in [0.5, 0.6) is 0 Å². The van der Waals surface area contributed by atoms with E-state index in [2.05, 4.69) is 23.9 Å². The fourth-order valence-electron chi connectivity index (χ4n) is 2.52. The molecule has 0 bridgehead atoms. The molecule has 0 radical (unpaired) electrons. The first kappa shape index (κ1) is 12.4. The Hall–Kier alpha value is -1.68. The predicted octanol–water partition coefficient (Wildman–Crippen LogP) is 1.92. The van der Waals surface area contributed by atoms with Crippen molar-refractivity contribution in [1.82, 2.24) is 14.3 Å². The number of pyridine rings is 1. The minimum atomic E-state index is -0.00641. The summed E-state index contributed by atoms with van der Waals surface area (Å²) < 4.78 is 1.58. The maximum absolute atomic E-state index is 12.0. The highest BCUT2D eigenvalue weighted by atomic mass is 16.1. The topological polar surface area (TPSA) is 37.6 Å². The van der Waals surface area contributed by atoms with E-state index in [9.17, 15) is 4.79 Å². The molecule has 1 aliphatic rings. The zero-order valence-electron chi connectivity index (χ0n) is 11.4. The maximum Gasteiger partial charge on any atom is 0.258 e. The van der Waals surface area contributed by atoms with Crippen molar-refractivity contribution in [2.45, 2.75) is 32.4 Å². The summed E-state index contributed by atoms with van der Waals surface area (Å²) in [5, 5.41) is 0. The zero-order chi connectivity index (χ0) is 13.4. The highest BCUT2D eigenvalue weighted by Crippen LogP contribution is 2.34. The summed E-state index contributed by atoms with van der Waals surface area (Å²) in [4.78, 5) is 18.9. The van der Waals surface area contributed by atoms with Crippen molar-refractivity contribution in [3.05, 3.63) is 46.5 Å². The smallest absolute Gasteiger partial charge is 0.258 e. The quantitative estimate of drug-likeness (QED) is 0.840. The van der Waals surface area contributed by atoms with Crippen LogP contribution in [0.2, 0.25) is 0 Å². The number of nitrogens with zero attached hydrogens (tertiary/aromatic N) is 3. The number of aromatic nitrogens is 2. The third kappa shape index (κ3) is 2.54. The molecular formula is C15H19N3O. The molecule has 0 aromatic carbocycles. The second-order valence-electron chi connectivity index (χ2n) is 5.51. The lowest BCUT2D eigenvalue weighted by Gasteiger charge is -2.24. The first-order chi connectivity index (χ1) is 9.15. The fraction of sp³-hybridized carbons (Fsp3) is 0.467. The molecule has 100 valence electrons. The second-order valence-corrected chi connectivity index (χ2v) is 5.51. The van der Waals surface area contributed by atoms with Crippen LogP contribution in [0.15, 0.2) is 35.3 Å². The second kappa shape index (κ2) is 4.78. The normalized spacial score (nSPS) is 17.0. The molecule has 0 saturated heterocycles. The highest BCUT2D eigenvalue weighted by Gasteiger charge is 2.30. The Labute approximate surface area is 112 Å². The van der Waals surface area contributed by atoms with Gasteiger partial charge in [-0.25, -0.2) is 4.98 Å². The predicted molar refractivity (Wildman–Crippen MR) is 75.1 cm³/mol. The SMILES string of the molecule is C[C@@H](C1CC1)N(C)Cc1cc(=O)n2ccccc2n1. The molecule has 0 spiro atoms. The van der Waals surface area contributed by atoms with Crippen LogP contribution in [0.25, 0.3) is 5.65 Å². The first-order valence-electron chi connectivity index (χ1n) is 6.83. The van der Waals surface area contributed by atoms with Crippen molar-refractivity contribution >= 4 is 5.65 Å². The molecule has 4 nitrogen and oxygen atoms in total. The van der Waals surface area contributed by atoms with Gasteiger partial charge >= 0.3 is 0 Å². The molecule has 4 heteroatoms. The van der Waals surface area contributed by atoms with Crippen LogP contribution in [0, 0.1) is 5.92 Å². The van der Waals surface area contributed by atoms with E-state index in [0.29, 0.717) is 6.04 Å². The Morgan fingerprint density at radius 3 is 3.00 bits per heavy atom. The highest BCUT2D eigenvalue weighted by molar-refractivity contribution is 5.37. The molecule has 19 heavy (non-hydrogen) atoms. The van der Waals surface area contributed by atoms with Gasteiger partial charge in [-0.15, -0.1) is 0 Å². The van der Waals surface area contributed by atoms with Crippen molar-refractivity contribution in [2.24, 2.45) is 5.92 Å². The monoisotopic (exact) mass is 257 g/mol. The Kier molecular flexibility index (Phi) is 3.11. The van der Waals surface area contributed by atoms with Crippen LogP contribution in [0.3, 0.4) is 0 Å². The van der Waals surface area contributed by atoms with E-state index < -0.39 is 0 Å². The van der Waals surface area contributed by atoms with E-state index in [4.69, 9.17) is 0 Å². The number of hydrogen-bond donors (Lipinski definition) is 0. The minimum absolute atomic E-state index is 0.00641. The molecule has 0 aliphatic heterocycles. The zero-order valence-corrected chi connectivity index (χ0v) is 11.4. The molecule has 2 aromatic rings. The van der Waals surface area contributed by atoms with Gasteiger partial charge in [0.05, 0.1) is 5.69 Å². The van der Waals surface area contributed by atoms with Crippen LogP contribution in [-0.4, -0.2) is 27.4 Å². The van der Waals surface area contributed by atoms with Crippen molar-refractivity contribution in [2.75, 3.05) is 7.05 Å². The van der Waals surface area contributed by atoms with E-state index in [1.54, 1.807) is 16.7 Å². The number of hydrogen-bond acceptors (Lipinski definition) is 3. The minimum Gasteiger partial charge on any atom is -0.298 e. The summed E-state index contributed by atoms with van der Waals surface area (Å²) in [6.45, 7) is 2.99. The van der Waals surface area contributed by atoms with Gasteiger partial charge in [0.2, 0.25) is 0 Å². The van der Waals surface area contributed by atoms with Gasteiger partial charge in [-0.2, -0.15) is 0 Å². The largest absolute Gasteiger partial charge is 0.298 e. The summed E-state index contributed by atoms with van der Waals surface area (Å²) in [6.07, 6.45) is 4.42. The van der Waals surface area contributed by atoms with Crippen molar-refractivity contribution in [3.63, 3.8) is 0 Å². The Balaban J connectivity index is 1.86. The average molecular weight is 257 g/mol. The van der Waals surface area contributed by atoms with Gasteiger partial charge in [-0.3, -0.25) is 14.1 Å². The van der Waals surface area contributed by atoms with Crippen LogP contribution in [-0.2, 0) is 6.54 Å². The Bertz CT molecular complexity index is 645. The molecule has 0 amide bonds. The van der Waals surface area contributed by atoms with E-state index in [1.165, 1.54) is 12.8 Å². The van der Waals surface area contributed by atoms with Crippen molar-refractivity contribution in [1.29, 1.82) is 0 Å². The molecule has 2 heterocycles. The lowest BCUT2D eigenvalue weighted by atomic mass is 10.2. The average Bonchev–Trinajstić information content (AvgIpc) is 3.22. The Morgan fingerprint density at radius 2 is 2.26 bits per heavy atom. The molecule has 1 atom stereocenters. The van der Waals surface area contributed by atoms with Gasteiger partial charge in [0.15, 0.2) is 0 Å². The molecule has 3 rings (SSSR count). The van der Waals surface area contributed by atoms with E-state index in [-0.39, 0.29) is 5.56 Å². The summed E-state index contributed by atoms with van der Waals surface area (Å²) >= 11 is 0. The molecule has 1 fully saturated rings. The summed E-state index contributed by atoms with van der Waals surface area (Å²) in [7, 11) is 2.11. The third-order valence-corrected chi connectivity index (χ3v) is 4.03.